The van der Waals surface area contributed by atoms with E-state index in [9.17, 15) is 14.8 Å². The van der Waals surface area contributed by atoms with Crippen LogP contribution < -0.4 is 15.4 Å². The highest BCUT2D eigenvalue weighted by Gasteiger charge is 2.44. The van der Waals surface area contributed by atoms with E-state index in [0.717, 1.165) is 12.8 Å². The molecule has 1 atom stereocenters. The molecule has 0 radical (unpaired) electrons. The van der Waals surface area contributed by atoms with Crippen LogP contribution in [0.15, 0.2) is 24.4 Å². The largest absolute Gasteiger partial charge is 0.618 e. The first-order valence-corrected chi connectivity index (χ1v) is 8.08. The number of hydrogen-bond acceptors (Lipinski definition) is 4. The highest BCUT2D eigenvalue weighted by Crippen LogP contribution is 2.39. The summed E-state index contributed by atoms with van der Waals surface area (Å²) in [7, 11) is 0. The first-order chi connectivity index (χ1) is 11.1. The van der Waals surface area contributed by atoms with Crippen molar-refractivity contribution < 1.29 is 19.1 Å². The van der Waals surface area contributed by atoms with E-state index >= 15 is 0 Å². The lowest BCUT2D eigenvalue weighted by molar-refractivity contribution is -0.607. The molecule has 1 heterocycles. The lowest BCUT2D eigenvalue weighted by atomic mass is 9.95. The summed E-state index contributed by atoms with van der Waals surface area (Å²) in [5.74, 6) is -0.189. The Kier molecular flexibility index (Phi) is 5.01. The van der Waals surface area contributed by atoms with E-state index in [1.54, 1.807) is 32.9 Å². The fourth-order valence-electron chi connectivity index (χ4n) is 2.51. The molecule has 0 bridgehead atoms. The third-order valence-electron chi connectivity index (χ3n) is 3.93. The summed E-state index contributed by atoms with van der Waals surface area (Å²) in [4.78, 5) is 24.3. The zero-order chi connectivity index (χ0) is 18.0. The number of aromatic nitrogens is 1. The summed E-state index contributed by atoms with van der Waals surface area (Å²) in [5, 5.41) is 17.3. The molecule has 0 aliphatic heterocycles. The average molecular weight is 335 g/mol. The maximum absolute atomic E-state index is 12.4. The van der Waals surface area contributed by atoms with Crippen molar-refractivity contribution in [1.82, 2.24) is 10.6 Å². The number of pyridine rings is 1. The fraction of sp³-hybridized carbons (Fsp3) is 0.588. The first kappa shape index (κ1) is 18.0. The molecule has 1 aromatic heterocycles. The van der Waals surface area contributed by atoms with Crippen molar-refractivity contribution in [1.29, 1.82) is 0 Å². The molecule has 0 spiro atoms. The molecule has 0 unspecified atom stereocenters. The zero-order valence-electron chi connectivity index (χ0n) is 14.6. The Morgan fingerprint density at radius 3 is 2.50 bits per heavy atom. The van der Waals surface area contributed by atoms with E-state index in [1.807, 2.05) is 6.92 Å². The van der Waals surface area contributed by atoms with Gasteiger partial charge < -0.3 is 20.6 Å². The second kappa shape index (κ2) is 6.67. The molecule has 2 N–H and O–H groups in total. The predicted molar refractivity (Wildman–Crippen MR) is 88.2 cm³/mol. The standard InChI is InChI=1S/C17H25N3O4/c1-16(2,3)24-15(22)18-11-17(4,12-8-9-12)19-14(21)13-7-5-6-10-20(13)23/h5-7,10,12H,8-9,11H2,1-4H3,(H,18,22)(H,19,21)/t17-/m1/s1. The molecule has 24 heavy (non-hydrogen) atoms. The van der Waals surface area contributed by atoms with Gasteiger partial charge in [0.2, 0.25) is 0 Å². The van der Waals surface area contributed by atoms with Gasteiger partial charge in [-0.15, -0.1) is 0 Å². The van der Waals surface area contributed by atoms with Crippen LogP contribution >= 0.6 is 0 Å². The van der Waals surface area contributed by atoms with E-state index in [0.29, 0.717) is 4.73 Å². The number of ether oxygens (including phenoxy) is 1. The molecule has 7 nitrogen and oxygen atoms in total. The second-order valence-electron chi connectivity index (χ2n) is 7.41. The van der Waals surface area contributed by atoms with Gasteiger partial charge >= 0.3 is 12.0 Å². The van der Waals surface area contributed by atoms with Gasteiger partial charge in [-0.3, -0.25) is 4.79 Å². The minimum Gasteiger partial charge on any atom is -0.618 e. The molecule has 132 valence electrons. The molecule has 2 amide bonds. The van der Waals surface area contributed by atoms with Gasteiger partial charge in [-0.1, -0.05) is 0 Å². The third kappa shape index (κ3) is 4.84. The summed E-state index contributed by atoms with van der Waals surface area (Å²) in [6.45, 7) is 7.48. The van der Waals surface area contributed by atoms with Crippen LogP contribution in [-0.4, -0.2) is 29.7 Å². The monoisotopic (exact) mass is 335 g/mol. The summed E-state index contributed by atoms with van der Waals surface area (Å²) < 4.78 is 5.76. The molecule has 1 aliphatic rings. The Bertz CT molecular complexity index is 623. The Morgan fingerprint density at radius 1 is 1.29 bits per heavy atom. The number of hydrogen-bond donors (Lipinski definition) is 2. The van der Waals surface area contributed by atoms with Crippen molar-refractivity contribution >= 4 is 12.0 Å². The fourth-order valence-corrected chi connectivity index (χ4v) is 2.51. The van der Waals surface area contributed by atoms with E-state index < -0.39 is 23.1 Å². The van der Waals surface area contributed by atoms with Gasteiger partial charge in [-0.05, 0) is 52.5 Å². The topological polar surface area (TPSA) is 94.4 Å². The molecule has 1 aliphatic carbocycles. The summed E-state index contributed by atoms with van der Waals surface area (Å²) in [5.41, 5.74) is -1.18. The molecule has 1 saturated carbocycles. The lowest BCUT2D eigenvalue weighted by Crippen LogP contribution is -2.57. The van der Waals surface area contributed by atoms with Crippen LogP contribution in [0.2, 0.25) is 0 Å². The number of nitrogens with one attached hydrogen (secondary N) is 2. The molecule has 1 fully saturated rings. The van der Waals surface area contributed by atoms with Gasteiger partial charge in [0.1, 0.15) is 5.60 Å². The van der Waals surface area contributed by atoms with E-state index in [4.69, 9.17) is 4.74 Å². The molecule has 7 heteroatoms. The van der Waals surface area contributed by atoms with Crippen LogP contribution in [0, 0.1) is 11.1 Å². The number of carbonyl (C=O) groups is 2. The lowest BCUT2D eigenvalue weighted by Gasteiger charge is -2.31. The van der Waals surface area contributed by atoms with Crippen molar-refractivity contribution in [2.24, 2.45) is 5.92 Å². The number of alkyl carbamates (subject to hydrolysis) is 1. The van der Waals surface area contributed by atoms with E-state index in [-0.39, 0.29) is 18.2 Å². The van der Waals surface area contributed by atoms with Crippen LogP contribution in [-0.2, 0) is 4.74 Å². The number of amides is 2. The Morgan fingerprint density at radius 2 is 1.96 bits per heavy atom. The minimum atomic E-state index is -0.628. The van der Waals surface area contributed by atoms with Crippen LogP contribution in [0.4, 0.5) is 4.79 Å². The van der Waals surface area contributed by atoms with Gasteiger partial charge in [0.05, 0.1) is 5.54 Å². The summed E-state index contributed by atoms with van der Waals surface area (Å²) in [6.07, 6.45) is 2.70. The molecule has 1 aromatic rings. The zero-order valence-corrected chi connectivity index (χ0v) is 14.6. The summed E-state index contributed by atoms with van der Waals surface area (Å²) in [6, 6.07) is 4.67. The second-order valence-corrected chi connectivity index (χ2v) is 7.41. The van der Waals surface area contributed by atoms with Crippen LogP contribution in [0.5, 0.6) is 0 Å². The van der Waals surface area contributed by atoms with Crippen molar-refractivity contribution in [3.8, 4) is 0 Å². The van der Waals surface area contributed by atoms with Gasteiger partial charge in [-0.2, -0.15) is 4.73 Å². The maximum Gasteiger partial charge on any atom is 0.407 e. The van der Waals surface area contributed by atoms with E-state index in [1.165, 1.54) is 12.3 Å². The quantitative estimate of drug-likeness (QED) is 0.633. The van der Waals surface area contributed by atoms with Gasteiger partial charge in [0, 0.05) is 18.7 Å². The highest BCUT2D eigenvalue weighted by atomic mass is 16.6. The van der Waals surface area contributed by atoms with Crippen molar-refractivity contribution in [3.05, 3.63) is 35.3 Å². The minimum absolute atomic E-state index is 0.0293. The van der Waals surface area contributed by atoms with Crippen LogP contribution in [0.3, 0.4) is 0 Å². The molecular formula is C17H25N3O4. The van der Waals surface area contributed by atoms with Gasteiger partial charge in [-0.25, -0.2) is 4.79 Å². The van der Waals surface area contributed by atoms with Gasteiger partial charge in [0.15, 0.2) is 6.20 Å². The highest BCUT2D eigenvalue weighted by molar-refractivity contribution is 5.91. The molecule has 2 rings (SSSR count). The molecular weight excluding hydrogens is 310 g/mol. The Labute approximate surface area is 142 Å². The predicted octanol–water partition coefficient (Wildman–Crippen LogP) is 1.74. The number of rotatable bonds is 5. The van der Waals surface area contributed by atoms with Crippen molar-refractivity contribution in [3.63, 3.8) is 0 Å². The van der Waals surface area contributed by atoms with Crippen molar-refractivity contribution in [2.75, 3.05) is 6.54 Å². The smallest absolute Gasteiger partial charge is 0.407 e. The SMILES string of the molecule is CC(C)(C)OC(=O)NC[C@@](C)(NC(=O)c1cccc[n+]1[O-])C1CC1. The number of nitrogens with zero attached hydrogens (tertiary/aromatic N) is 1. The Hall–Kier alpha value is -2.31. The number of carbonyl (C=O) groups excluding carboxylic acids is 2. The van der Waals surface area contributed by atoms with Crippen LogP contribution in [0.25, 0.3) is 0 Å². The average Bonchev–Trinajstić information content (AvgIpc) is 3.29. The molecule has 0 saturated heterocycles. The van der Waals surface area contributed by atoms with E-state index in [2.05, 4.69) is 10.6 Å². The van der Waals surface area contributed by atoms with Crippen LogP contribution in [0.1, 0.15) is 51.0 Å². The first-order valence-electron chi connectivity index (χ1n) is 8.08. The van der Waals surface area contributed by atoms with Gasteiger partial charge in [0.25, 0.3) is 5.69 Å². The van der Waals surface area contributed by atoms with Crippen molar-refractivity contribution in [2.45, 2.75) is 51.7 Å². The normalized spacial score (nSPS) is 16.8. The Balaban J connectivity index is 2.01. The third-order valence-corrected chi connectivity index (χ3v) is 3.93. The summed E-state index contributed by atoms with van der Waals surface area (Å²) >= 11 is 0. The maximum atomic E-state index is 12.4. The molecule has 0 aromatic carbocycles.